The van der Waals surface area contributed by atoms with E-state index in [1.54, 1.807) is 11.3 Å². The molecule has 2 aromatic rings. The lowest BCUT2D eigenvalue weighted by atomic mass is 10.0. The maximum atomic E-state index is 6.18. The number of aryl methyl sites for hydroxylation is 1. The zero-order valence-electron chi connectivity index (χ0n) is 12.3. The van der Waals surface area contributed by atoms with Gasteiger partial charge in [-0.25, -0.2) is 0 Å². The van der Waals surface area contributed by atoms with E-state index in [0.29, 0.717) is 6.04 Å². The van der Waals surface area contributed by atoms with Gasteiger partial charge in [0, 0.05) is 24.5 Å². The number of benzene rings is 1. The molecule has 1 aromatic heterocycles. The zero-order chi connectivity index (χ0) is 14.7. The van der Waals surface area contributed by atoms with E-state index < -0.39 is 0 Å². The van der Waals surface area contributed by atoms with Crippen LogP contribution in [0.2, 0.25) is 4.34 Å². The molecule has 3 rings (SSSR count). The summed E-state index contributed by atoms with van der Waals surface area (Å²) in [4.78, 5) is 3.92. The molecule has 21 heavy (non-hydrogen) atoms. The molecular weight excluding hydrogens is 300 g/mol. The number of thiophene rings is 1. The Hall–Kier alpha value is -0.870. The van der Waals surface area contributed by atoms with E-state index in [9.17, 15) is 0 Å². The van der Waals surface area contributed by atoms with Gasteiger partial charge in [0.2, 0.25) is 0 Å². The van der Waals surface area contributed by atoms with Crippen molar-refractivity contribution >= 4 is 22.9 Å². The smallest absolute Gasteiger partial charge is 0.0931 e. The molecule has 1 fully saturated rings. The van der Waals surface area contributed by atoms with Crippen LogP contribution in [0, 0.1) is 6.92 Å². The van der Waals surface area contributed by atoms with Crippen molar-refractivity contribution in [1.29, 1.82) is 0 Å². The average molecular weight is 321 g/mol. The van der Waals surface area contributed by atoms with Crippen molar-refractivity contribution in [2.45, 2.75) is 19.4 Å². The van der Waals surface area contributed by atoms with E-state index in [4.69, 9.17) is 11.6 Å². The van der Waals surface area contributed by atoms with Gasteiger partial charge in [-0.1, -0.05) is 41.4 Å². The predicted molar refractivity (Wildman–Crippen MR) is 91.4 cm³/mol. The predicted octanol–water partition coefficient (Wildman–Crippen LogP) is 4.09. The summed E-state index contributed by atoms with van der Waals surface area (Å²) < 4.78 is 0.871. The first-order valence-corrected chi connectivity index (χ1v) is 8.70. The van der Waals surface area contributed by atoms with E-state index in [1.807, 2.05) is 6.07 Å². The lowest BCUT2D eigenvalue weighted by Gasteiger charge is -2.30. The molecule has 4 heteroatoms. The number of nitrogens with zero attached hydrogens (tertiary/aromatic N) is 1. The van der Waals surface area contributed by atoms with Crippen molar-refractivity contribution in [1.82, 2.24) is 10.2 Å². The van der Waals surface area contributed by atoms with Gasteiger partial charge in [0.15, 0.2) is 0 Å². The fourth-order valence-corrected chi connectivity index (χ4v) is 4.22. The van der Waals surface area contributed by atoms with Crippen LogP contribution >= 0.6 is 22.9 Å². The molecule has 0 radical (unpaired) electrons. The summed E-state index contributed by atoms with van der Waals surface area (Å²) in [6.45, 7) is 6.53. The van der Waals surface area contributed by atoms with Crippen LogP contribution in [-0.4, -0.2) is 31.1 Å². The van der Waals surface area contributed by atoms with Gasteiger partial charge in [-0.3, -0.25) is 4.90 Å². The van der Waals surface area contributed by atoms with Gasteiger partial charge >= 0.3 is 0 Å². The maximum Gasteiger partial charge on any atom is 0.0931 e. The molecule has 1 aromatic carbocycles. The maximum absolute atomic E-state index is 6.18. The largest absolute Gasteiger partial charge is 0.315 e. The van der Waals surface area contributed by atoms with E-state index in [1.165, 1.54) is 22.4 Å². The lowest BCUT2D eigenvalue weighted by Crippen LogP contribution is -2.32. The third-order valence-corrected chi connectivity index (χ3v) is 5.24. The molecule has 0 saturated carbocycles. The minimum Gasteiger partial charge on any atom is -0.315 e. The minimum atomic E-state index is 0.322. The summed E-state index contributed by atoms with van der Waals surface area (Å²) in [7, 11) is 0. The second kappa shape index (κ2) is 6.93. The first-order chi connectivity index (χ1) is 10.2. The quantitative estimate of drug-likeness (QED) is 0.916. The highest BCUT2D eigenvalue weighted by Crippen LogP contribution is 2.35. The van der Waals surface area contributed by atoms with Gasteiger partial charge in [0.05, 0.1) is 10.4 Å². The Kier molecular flexibility index (Phi) is 4.96. The zero-order valence-corrected chi connectivity index (χ0v) is 13.9. The topological polar surface area (TPSA) is 15.3 Å². The van der Waals surface area contributed by atoms with Gasteiger partial charge in [-0.15, -0.1) is 11.3 Å². The number of hydrogen-bond acceptors (Lipinski definition) is 3. The fraction of sp³-hybridized carbons (Fsp3) is 0.412. The Bertz CT molecular complexity index is 588. The first kappa shape index (κ1) is 15.0. The first-order valence-electron chi connectivity index (χ1n) is 7.50. The Labute approximate surface area is 135 Å². The molecule has 0 bridgehead atoms. The third-order valence-electron chi connectivity index (χ3n) is 3.96. The van der Waals surface area contributed by atoms with Crippen LogP contribution in [0.1, 0.15) is 28.5 Å². The van der Waals surface area contributed by atoms with Crippen LogP contribution < -0.4 is 5.32 Å². The lowest BCUT2D eigenvalue weighted by molar-refractivity contribution is 0.244. The summed E-state index contributed by atoms with van der Waals surface area (Å²) in [6, 6.07) is 13.4. The van der Waals surface area contributed by atoms with Gasteiger partial charge in [0.1, 0.15) is 0 Å². The van der Waals surface area contributed by atoms with Crippen molar-refractivity contribution in [2.75, 3.05) is 26.2 Å². The Morgan fingerprint density at radius 2 is 2.10 bits per heavy atom. The van der Waals surface area contributed by atoms with Crippen molar-refractivity contribution in [3.63, 3.8) is 0 Å². The molecular formula is C17H21ClN2S. The Morgan fingerprint density at radius 3 is 2.86 bits per heavy atom. The van der Waals surface area contributed by atoms with Crippen LogP contribution in [0.3, 0.4) is 0 Å². The van der Waals surface area contributed by atoms with Gasteiger partial charge in [-0.2, -0.15) is 0 Å². The molecule has 1 saturated heterocycles. The number of nitrogens with one attached hydrogen (secondary N) is 1. The van der Waals surface area contributed by atoms with Gasteiger partial charge in [-0.05, 0) is 37.6 Å². The van der Waals surface area contributed by atoms with Gasteiger partial charge in [0.25, 0.3) is 0 Å². The van der Waals surface area contributed by atoms with Crippen molar-refractivity contribution in [2.24, 2.45) is 0 Å². The van der Waals surface area contributed by atoms with Crippen LogP contribution in [-0.2, 0) is 0 Å². The summed E-state index contributed by atoms with van der Waals surface area (Å²) >= 11 is 7.88. The van der Waals surface area contributed by atoms with Crippen LogP contribution in [0.15, 0.2) is 36.4 Å². The Balaban J connectivity index is 1.97. The highest BCUT2D eigenvalue weighted by molar-refractivity contribution is 7.16. The van der Waals surface area contributed by atoms with E-state index in [2.05, 4.69) is 47.5 Å². The molecule has 1 aliphatic rings. The molecule has 1 unspecified atom stereocenters. The van der Waals surface area contributed by atoms with Gasteiger partial charge < -0.3 is 5.32 Å². The molecule has 2 nitrogen and oxygen atoms in total. The molecule has 0 aliphatic carbocycles. The number of hydrogen-bond donors (Lipinski definition) is 1. The average Bonchev–Trinajstić information content (AvgIpc) is 2.73. The summed E-state index contributed by atoms with van der Waals surface area (Å²) in [5.74, 6) is 0. The summed E-state index contributed by atoms with van der Waals surface area (Å²) in [5, 5.41) is 3.49. The number of halogens is 1. The minimum absolute atomic E-state index is 0.322. The van der Waals surface area contributed by atoms with Crippen molar-refractivity contribution in [3.05, 3.63) is 56.7 Å². The molecule has 1 atom stereocenters. The molecule has 1 N–H and O–H groups in total. The monoisotopic (exact) mass is 320 g/mol. The Morgan fingerprint density at radius 1 is 1.19 bits per heavy atom. The third kappa shape index (κ3) is 3.67. The molecule has 112 valence electrons. The van der Waals surface area contributed by atoms with E-state index >= 15 is 0 Å². The van der Waals surface area contributed by atoms with Crippen molar-refractivity contribution in [3.8, 4) is 0 Å². The number of rotatable bonds is 3. The molecule has 2 heterocycles. The van der Waals surface area contributed by atoms with Crippen molar-refractivity contribution < 1.29 is 0 Å². The van der Waals surface area contributed by atoms with Crippen LogP contribution in [0.25, 0.3) is 0 Å². The highest BCUT2D eigenvalue weighted by atomic mass is 35.5. The molecule has 1 aliphatic heterocycles. The normalized spacial score (nSPS) is 18.4. The highest BCUT2D eigenvalue weighted by Gasteiger charge is 2.24. The second-order valence-corrected chi connectivity index (χ2v) is 7.34. The van der Waals surface area contributed by atoms with Crippen LogP contribution in [0.5, 0.6) is 0 Å². The van der Waals surface area contributed by atoms with Crippen LogP contribution in [0.4, 0.5) is 0 Å². The second-order valence-electron chi connectivity index (χ2n) is 5.60. The summed E-state index contributed by atoms with van der Waals surface area (Å²) in [5.41, 5.74) is 2.68. The standard InChI is InChI=1S/C17H21ClN2S/c1-13-4-2-5-14(12-13)17(15-6-7-16(18)21-15)20-10-3-8-19-9-11-20/h2,4-7,12,17,19H,3,8-11H2,1H3. The summed E-state index contributed by atoms with van der Waals surface area (Å²) in [6.07, 6.45) is 1.20. The molecule has 0 spiro atoms. The van der Waals surface area contributed by atoms with E-state index in [0.717, 1.165) is 30.5 Å². The molecule has 0 amide bonds. The van der Waals surface area contributed by atoms with E-state index in [-0.39, 0.29) is 0 Å². The SMILES string of the molecule is Cc1cccc(C(c2ccc(Cl)s2)N2CCCNCC2)c1. The fourth-order valence-electron chi connectivity index (χ4n) is 3.00.